The van der Waals surface area contributed by atoms with E-state index in [-0.39, 0.29) is 21.6 Å². The Morgan fingerprint density at radius 3 is 2.22 bits per heavy atom. The molecule has 0 radical (unpaired) electrons. The van der Waals surface area contributed by atoms with E-state index in [2.05, 4.69) is 59.6 Å². The molecule has 3 rings (SSSR count). The summed E-state index contributed by atoms with van der Waals surface area (Å²) >= 11 is 7.61. The molecule has 0 bridgehead atoms. The van der Waals surface area contributed by atoms with E-state index in [1.54, 1.807) is 0 Å². The predicted molar refractivity (Wildman–Crippen MR) is 81.3 cm³/mol. The second kappa shape index (κ2) is 3.63. The number of carbonyl (C=O) groups excluding carboxylic acids is 1. The zero-order chi connectivity index (χ0) is 13.5. The van der Waals surface area contributed by atoms with Crippen LogP contribution in [0.15, 0.2) is 0 Å². The van der Waals surface area contributed by atoms with Crippen LogP contribution >= 0.6 is 31.9 Å². The minimum atomic E-state index is 0.0470. The molecule has 0 aromatic rings. The van der Waals surface area contributed by atoms with Gasteiger partial charge in [0.1, 0.15) is 5.78 Å². The van der Waals surface area contributed by atoms with Crippen molar-refractivity contribution >= 4 is 37.6 Å². The molecule has 1 nitrogen and oxygen atoms in total. The van der Waals surface area contributed by atoms with Gasteiger partial charge in [0.2, 0.25) is 0 Å². The molecule has 3 aliphatic rings. The van der Waals surface area contributed by atoms with Crippen LogP contribution in [0.25, 0.3) is 0 Å². The number of alkyl halides is 2. The normalized spacial score (nSPS) is 63.1. The second-order valence-corrected chi connectivity index (χ2v) is 9.38. The summed E-state index contributed by atoms with van der Waals surface area (Å²) in [4.78, 5) is 13.2. The van der Waals surface area contributed by atoms with E-state index in [4.69, 9.17) is 0 Å². The van der Waals surface area contributed by atoms with Crippen LogP contribution in [0.3, 0.4) is 0 Å². The number of carbonyl (C=O) groups is 1. The lowest BCUT2D eigenvalue weighted by molar-refractivity contribution is -0.189. The maximum absolute atomic E-state index is 12.6. The van der Waals surface area contributed by atoms with Crippen molar-refractivity contribution < 1.29 is 4.79 Å². The highest BCUT2D eigenvalue weighted by Crippen LogP contribution is 2.81. The molecule has 0 unspecified atom stereocenters. The Bertz CT molecular complexity index is 423. The van der Waals surface area contributed by atoms with Gasteiger partial charge in [-0.3, -0.25) is 4.79 Å². The van der Waals surface area contributed by atoms with Crippen LogP contribution in [0.4, 0.5) is 0 Å². The van der Waals surface area contributed by atoms with Gasteiger partial charge >= 0.3 is 0 Å². The van der Waals surface area contributed by atoms with Crippen molar-refractivity contribution in [1.29, 1.82) is 0 Å². The predicted octanol–water partition coefficient (Wildman–Crippen LogP) is 4.56. The van der Waals surface area contributed by atoms with E-state index >= 15 is 0 Å². The molecule has 18 heavy (non-hydrogen) atoms. The first-order valence-electron chi connectivity index (χ1n) is 7.04. The number of hydrogen-bond acceptors (Lipinski definition) is 1. The fourth-order valence-electron chi connectivity index (χ4n) is 5.79. The van der Waals surface area contributed by atoms with Crippen LogP contribution in [0.2, 0.25) is 0 Å². The summed E-state index contributed by atoms with van der Waals surface area (Å²) in [5.41, 5.74) is 0.836. The average molecular weight is 378 g/mol. The van der Waals surface area contributed by atoms with Gasteiger partial charge in [0.25, 0.3) is 0 Å². The lowest BCUT2D eigenvalue weighted by atomic mass is 9.37. The minimum Gasteiger partial charge on any atom is -0.298 e. The minimum absolute atomic E-state index is 0.0470. The van der Waals surface area contributed by atoms with Gasteiger partial charge in [-0.25, -0.2) is 0 Å². The van der Waals surface area contributed by atoms with Gasteiger partial charge in [-0.1, -0.05) is 59.6 Å². The first kappa shape index (κ1) is 13.6. The first-order valence-corrected chi connectivity index (χ1v) is 8.87. The van der Waals surface area contributed by atoms with Crippen molar-refractivity contribution in [3.8, 4) is 0 Å². The molecule has 3 fully saturated rings. The molecule has 0 aromatic carbocycles. The topological polar surface area (TPSA) is 17.1 Å². The highest BCUT2D eigenvalue weighted by molar-refractivity contribution is 9.10. The summed E-state index contributed by atoms with van der Waals surface area (Å²) in [6.07, 6.45) is 3.72. The lowest BCUT2D eigenvalue weighted by Crippen LogP contribution is -2.66. The molecule has 0 amide bonds. The summed E-state index contributed by atoms with van der Waals surface area (Å²) in [6, 6.07) is 0. The van der Waals surface area contributed by atoms with Crippen LogP contribution in [0.1, 0.15) is 47.0 Å². The van der Waals surface area contributed by atoms with Gasteiger partial charge in [0.05, 0.1) is 4.83 Å². The fourth-order valence-corrected chi connectivity index (χ4v) is 8.08. The smallest absolute Gasteiger partial charge is 0.150 e. The molecule has 0 aromatic heterocycles. The summed E-state index contributed by atoms with van der Waals surface area (Å²) < 4.78 is 0. The van der Waals surface area contributed by atoms with Crippen molar-refractivity contribution in [3.63, 3.8) is 0 Å². The van der Waals surface area contributed by atoms with Crippen molar-refractivity contribution in [2.45, 2.75) is 56.6 Å². The van der Waals surface area contributed by atoms with Gasteiger partial charge < -0.3 is 0 Å². The number of hydrogen-bond donors (Lipinski definition) is 0. The summed E-state index contributed by atoms with van der Waals surface area (Å²) in [7, 11) is 0. The number of ketones is 1. The molecule has 1 spiro atoms. The molecule has 0 aliphatic heterocycles. The first-order chi connectivity index (χ1) is 8.22. The third-order valence-electron chi connectivity index (χ3n) is 7.25. The highest BCUT2D eigenvalue weighted by atomic mass is 79.9. The average Bonchev–Trinajstić information content (AvgIpc) is 2.42. The van der Waals surface area contributed by atoms with Crippen LogP contribution in [-0.2, 0) is 4.79 Å². The van der Waals surface area contributed by atoms with E-state index in [9.17, 15) is 4.79 Å². The van der Waals surface area contributed by atoms with E-state index in [0.29, 0.717) is 21.9 Å². The van der Waals surface area contributed by atoms with E-state index in [1.807, 2.05) is 0 Å². The second-order valence-electron chi connectivity index (χ2n) is 7.29. The monoisotopic (exact) mass is 376 g/mol. The largest absolute Gasteiger partial charge is 0.298 e. The fraction of sp³-hybridized carbons (Fsp3) is 0.933. The molecule has 3 saturated carbocycles. The maximum Gasteiger partial charge on any atom is 0.150 e. The Hall–Kier alpha value is 0.630. The van der Waals surface area contributed by atoms with Crippen LogP contribution < -0.4 is 0 Å². The Labute approximate surface area is 127 Å². The Morgan fingerprint density at radius 2 is 1.72 bits per heavy atom. The molecule has 0 heterocycles. The summed E-state index contributed by atoms with van der Waals surface area (Å²) in [5, 5.41) is 0. The van der Waals surface area contributed by atoms with E-state index in [1.165, 1.54) is 19.3 Å². The quantitative estimate of drug-likeness (QED) is 0.565. The van der Waals surface area contributed by atoms with Crippen LogP contribution in [-0.4, -0.2) is 15.4 Å². The molecule has 3 aliphatic carbocycles. The Kier molecular flexibility index (Phi) is 2.75. The van der Waals surface area contributed by atoms with Gasteiger partial charge in [0, 0.05) is 10.7 Å². The van der Waals surface area contributed by atoms with Crippen molar-refractivity contribution in [2.75, 3.05) is 0 Å². The number of halogens is 2. The van der Waals surface area contributed by atoms with Crippen molar-refractivity contribution in [3.05, 3.63) is 0 Å². The lowest BCUT2D eigenvalue weighted by Gasteiger charge is -2.67. The third-order valence-corrected chi connectivity index (χ3v) is 9.83. The van der Waals surface area contributed by atoms with Crippen molar-refractivity contribution in [2.24, 2.45) is 28.1 Å². The van der Waals surface area contributed by atoms with Crippen molar-refractivity contribution in [1.82, 2.24) is 0 Å². The van der Waals surface area contributed by atoms with E-state index < -0.39 is 0 Å². The molecule has 7 atom stereocenters. The van der Waals surface area contributed by atoms with Crippen LogP contribution in [0.5, 0.6) is 0 Å². The Balaban J connectivity index is 2.18. The number of rotatable bonds is 0. The summed E-state index contributed by atoms with van der Waals surface area (Å²) in [5.74, 6) is 1.07. The third kappa shape index (κ3) is 1.11. The standard InChI is InChI=1S/C15H22Br2O/c1-8-11(17)12(18)9(2)15-6-5-13(15,3)10(16)7-14(8,15)4/h8-11H,5-7H2,1-4H3/t8-,9-,10-,11-,13+,14+,15-/m0/s1. The van der Waals surface area contributed by atoms with E-state index in [0.717, 1.165) is 0 Å². The molecule has 0 saturated heterocycles. The van der Waals surface area contributed by atoms with Gasteiger partial charge in [0.15, 0.2) is 0 Å². The van der Waals surface area contributed by atoms with Gasteiger partial charge in [-0.15, -0.1) is 0 Å². The molecule has 3 heteroatoms. The molecule has 102 valence electrons. The van der Waals surface area contributed by atoms with Gasteiger partial charge in [-0.2, -0.15) is 0 Å². The zero-order valence-corrected chi connectivity index (χ0v) is 14.8. The van der Waals surface area contributed by atoms with Crippen LogP contribution in [0, 0.1) is 28.1 Å². The number of Topliss-reactive ketones (excluding diaryl/α,β-unsaturated/α-hetero) is 1. The highest BCUT2D eigenvalue weighted by Gasteiger charge is 2.77. The zero-order valence-electron chi connectivity index (χ0n) is 11.6. The maximum atomic E-state index is 12.6. The SMILES string of the molecule is C[C@H]1C(=O)[C@@H](Br)[C@H](C)[C@@]2(C)C[C@H](Br)[C@@]3(C)CC[C@]132. The van der Waals surface area contributed by atoms with Gasteiger partial charge in [-0.05, 0) is 41.4 Å². The summed E-state index contributed by atoms with van der Waals surface area (Å²) in [6.45, 7) is 9.30. The molecular weight excluding hydrogens is 356 g/mol. The molecular formula is C15H22Br2O. The molecule has 0 N–H and O–H groups in total. The Morgan fingerprint density at radius 1 is 1.11 bits per heavy atom.